The summed E-state index contributed by atoms with van der Waals surface area (Å²) in [7, 11) is 0. The summed E-state index contributed by atoms with van der Waals surface area (Å²) in [5.41, 5.74) is 9.02. The summed E-state index contributed by atoms with van der Waals surface area (Å²) in [6.07, 6.45) is 0. The normalized spacial score (nSPS) is 11.6. The van der Waals surface area contributed by atoms with Crippen LogP contribution in [0, 0.1) is 0 Å². The van der Waals surface area contributed by atoms with Crippen molar-refractivity contribution in [1.82, 2.24) is 15.0 Å². The fraction of sp³-hybridized carbons (Fsp3) is 0. The molecule has 4 heteroatoms. The fourth-order valence-electron chi connectivity index (χ4n) is 7.94. The van der Waals surface area contributed by atoms with Crippen LogP contribution in [0.2, 0.25) is 0 Å². The molecular weight excluding hydrogens is 671 g/mol. The van der Waals surface area contributed by atoms with E-state index in [0.717, 1.165) is 76.7 Å². The average Bonchev–Trinajstić information content (AvgIpc) is 3.62. The molecule has 2 heterocycles. The number of rotatable bonds is 5. The van der Waals surface area contributed by atoms with E-state index < -0.39 is 0 Å². The van der Waals surface area contributed by atoms with E-state index in [9.17, 15) is 0 Å². The van der Waals surface area contributed by atoms with E-state index in [-0.39, 0.29) is 0 Å². The third-order valence-corrected chi connectivity index (χ3v) is 10.7. The van der Waals surface area contributed by atoms with Gasteiger partial charge in [0.15, 0.2) is 17.5 Å². The second kappa shape index (κ2) is 12.6. The fourth-order valence-corrected chi connectivity index (χ4v) is 7.94. The van der Waals surface area contributed by atoms with Gasteiger partial charge in [-0.3, -0.25) is 0 Å². The molecule has 0 radical (unpaired) electrons. The van der Waals surface area contributed by atoms with Gasteiger partial charge in [0, 0.05) is 27.5 Å². The summed E-state index contributed by atoms with van der Waals surface area (Å²) >= 11 is 0. The molecular formula is C51H31N3O. The van der Waals surface area contributed by atoms with Crippen LogP contribution in [0.3, 0.4) is 0 Å². The van der Waals surface area contributed by atoms with Gasteiger partial charge in [-0.05, 0) is 97.0 Å². The highest BCUT2D eigenvalue weighted by Crippen LogP contribution is 2.40. The molecule has 0 unspecified atom stereocenters. The van der Waals surface area contributed by atoms with Crippen molar-refractivity contribution in [2.75, 3.05) is 0 Å². The molecule has 11 rings (SSSR count). The van der Waals surface area contributed by atoms with Crippen LogP contribution in [-0.4, -0.2) is 15.0 Å². The third kappa shape index (κ3) is 5.43. The highest BCUT2D eigenvalue weighted by Gasteiger charge is 2.19. The smallest absolute Gasteiger partial charge is 0.164 e. The maximum absolute atomic E-state index is 6.48. The summed E-state index contributed by atoms with van der Waals surface area (Å²) in [5.74, 6) is 1.81. The first-order valence-corrected chi connectivity index (χ1v) is 18.5. The molecule has 0 saturated heterocycles. The van der Waals surface area contributed by atoms with Crippen LogP contribution < -0.4 is 0 Å². The second-order valence-corrected chi connectivity index (χ2v) is 14.0. The topological polar surface area (TPSA) is 51.8 Å². The van der Waals surface area contributed by atoms with Crippen LogP contribution in [0.5, 0.6) is 0 Å². The molecule has 11 aromatic rings. The first-order valence-electron chi connectivity index (χ1n) is 18.5. The number of hydrogen-bond donors (Lipinski definition) is 0. The molecule has 2 aromatic heterocycles. The first kappa shape index (κ1) is 31.1. The molecule has 0 aliphatic carbocycles. The van der Waals surface area contributed by atoms with E-state index in [2.05, 4.69) is 170 Å². The van der Waals surface area contributed by atoms with Gasteiger partial charge in [-0.15, -0.1) is 0 Å². The lowest BCUT2D eigenvalue weighted by atomic mass is 9.95. The minimum atomic E-state index is 0.593. The van der Waals surface area contributed by atoms with Gasteiger partial charge in [0.25, 0.3) is 0 Å². The molecule has 0 aliphatic rings. The van der Waals surface area contributed by atoms with E-state index in [0.29, 0.717) is 17.5 Å². The van der Waals surface area contributed by atoms with Crippen molar-refractivity contribution >= 4 is 54.3 Å². The van der Waals surface area contributed by atoms with E-state index >= 15 is 0 Å². The van der Waals surface area contributed by atoms with Crippen molar-refractivity contribution in [3.8, 4) is 56.4 Å². The highest BCUT2D eigenvalue weighted by atomic mass is 16.3. The van der Waals surface area contributed by atoms with Gasteiger partial charge in [0.05, 0.1) is 0 Å². The van der Waals surface area contributed by atoms with Crippen LogP contribution in [-0.2, 0) is 0 Å². The molecule has 55 heavy (non-hydrogen) atoms. The predicted octanol–water partition coefficient (Wildman–Crippen LogP) is 13.6. The molecule has 0 amide bonds. The molecule has 0 fully saturated rings. The Kier molecular flexibility index (Phi) is 7.14. The number of furan rings is 1. The van der Waals surface area contributed by atoms with Crippen molar-refractivity contribution in [3.05, 3.63) is 188 Å². The largest absolute Gasteiger partial charge is 0.456 e. The third-order valence-electron chi connectivity index (χ3n) is 10.7. The van der Waals surface area contributed by atoms with E-state index in [4.69, 9.17) is 19.4 Å². The SMILES string of the molecule is c1ccc(-c2ccc3cc(-c4nc(-c5cc(-c6ccccc6)c6ccccc6c5)nc(-c5cccc6oc7cc8ccccc8cc7c56)n4)ccc3c2)cc1. The standard InChI is InChI=1S/C51H31N3O/c1-3-12-32(13-4-1)36-22-23-38-27-40(25-24-37(38)26-36)49-52-50(41-28-39-18-9-10-19-42(39)44(30-41)33-14-5-2-6-15-33)54-51(53-49)43-20-11-21-46-48(43)45-29-34-16-7-8-17-35(34)31-47(45)55-46/h1-31H. The number of benzene rings is 9. The number of aromatic nitrogens is 3. The molecule has 9 aromatic carbocycles. The highest BCUT2D eigenvalue weighted by molar-refractivity contribution is 6.15. The Morgan fingerprint density at radius 2 is 0.873 bits per heavy atom. The molecule has 4 nitrogen and oxygen atoms in total. The summed E-state index contributed by atoms with van der Waals surface area (Å²) < 4.78 is 6.48. The van der Waals surface area contributed by atoms with Crippen LogP contribution in [0.4, 0.5) is 0 Å². The summed E-state index contributed by atoms with van der Waals surface area (Å²) in [6, 6.07) is 65.9. The lowest BCUT2D eigenvalue weighted by molar-refractivity contribution is 0.669. The van der Waals surface area contributed by atoms with Crippen LogP contribution >= 0.6 is 0 Å². The zero-order valence-corrected chi connectivity index (χ0v) is 29.6. The predicted molar refractivity (Wildman–Crippen MR) is 227 cm³/mol. The lowest BCUT2D eigenvalue weighted by Crippen LogP contribution is -2.01. The lowest BCUT2D eigenvalue weighted by Gasteiger charge is -2.13. The van der Waals surface area contributed by atoms with Gasteiger partial charge in [0.1, 0.15) is 11.2 Å². The molecule has 0 saturated carbocycles. The molecule has 256 valence electrons. The van der Waals surface area contributed by atoms with E-state index in [1.165, 1.54) is 16.5 Å². The maximum atomic E-state index is 6.48. The Morgan fingerprint density at radius 3 is 1.65 bits per heavy atom. The van der Waals surface area contributed by atoms with Gasteiger partial charge in [-0.25, -0.2) is 15.0 Å². The summed E-state index contributed by atoms with van der Waals surface area (Å²) in [4.78, 5) is 15.8. The number of nitrogens with zero attached hydrogens (tertiary/aromatic N) is 3. The summed E-state index contributed by atoms with van der Waals surface area (Å²) in [6.45, 7) is 0. The molecule has 0 bridgehead atoms. The quantitative estimate of drug-likeness (QED) is 0.179. The summed E-state index contributed by atoms with van der Waals surface area (Å²) in [5, 5.41) is 8.89. The first-order chi connectivity index (χ1) is 27.2. The Bertz CT molecular complexity index is 3260. The number of hydrogen-bond acceptors (Lipinski definition) is 4. The average molecular weight is 702 g/mol. The van der Waals surface area contributed by atoms with Gasteiger partial charge in [0.2, 0.25) is 0 Å². The zero-order chi connectivity index (χ0) is 36.3. The molecule has 0 atom stereocenters. The van der Waals surface area contributed by atoms with Crippen molar-refractivity contribution in [1.29, 1.82) is 0 Å². The van der Waals surface area contributed by atoms with Crippen molar-refractivity contribution < 1.29 is 4.42 Å². The Morgan fingerprint density at radius 1 is 0.291 bits per heavy atom. The molecule has 0 aliphatic heterocycles. The Labute approximate surface area is 317 Å². The number of fused-ring (bicyclic) bond motifs is 6. The molecule has 0 N–H and O–H groups in total. The minimum Gasteiger partial charge on any atom is -0.456 e. The van der Waals surface area contributed by atoms with Crippen LogP contribution in [0.25, 0.3) is 111 Å². The monoisotopic (exact) mass is 701 g/mol. The molecule has 0 spiro atoms. The van der Waals surface area contributed by atoms with Gasteiger partial charge >= 0.3 is 0 Å². The second-order valence-electron chi connectivity index (χ2n) is 14.0. The minimum absolute atomic E-state index is 0.593. The van der Waals surface area contributed by atoms with Crippen molar-refractivity contribution in [2.24, 2.45) is 0 Å². The van der Waals surface area contributed by atoms with E-state index in [1.54, 1.807) is 0 Å². The van der Waals surface area contributed by atoms with Crippen molar-refractivity contribution in [3.63, 3.8) is 0 Å². The van der Waals surface area contributed by atoms with Gasteiger partial charge in [-0.1, -0.05) is 146 Å². The van der Waals surface area contributed by atoms with Crippen LogP contribution in [0.15, 0.2) is 192 Å². The van der Waals surface area contributed by atoms with Crippen LogP contribution in [0.1, 0.15) is 0 Å². The zero-order valence-electron chi connectivity index (χ0n) is 29.6. The Balaban J connectivity index is 1.15. The maximum Gasteiger partial charge on any atom is 0.164 e. The van der Waals surface area contributed by atoms with Gasteiger partial charge < -0.3 is 4.42 Å². The van der Waals surface area contributed by atoms with Gasteiger partial charge in [-0.2, -0.15) is 0 Å². The van der Waals surface area contributed by atoms with Crippen molar-refractivity contribution in [2.45, 2.75) is 0 Å². The van der Waals surface area contributed by atoms with E-state index in [1.807, 2.05) is 18.2 Å². The Hall–Kier alpha value is -7.43.